The van der Waals surface area contributed by atoms with Crippen LogP contribution in [-0.4, -0.2) is 47.1 Å². The van der Waals surface area contributed by atoms with Crippen LogP contribution in [0.15, 0.2) is 54.9 Å². The number of rotatable bonds is 6. The minimum Gasteiger partial charge on any atom is -0.496 e. The summed E-state index contributed by atoms with van der Waals surface area (Å²) in [5.74, 6) is -1.73. The molecule has 1 aromatic heterocycles. The summed E-state index contributed by atoms with van der Waals surface area (Å²) in [6.07, 6.45) is 1.33. The molecule has 0 saturated carbocycles. The lowest BCUT2D eigenvalue weighted by atomic mass is 9.93. The largest absolute Gasteiger partial charge is 0.496 e. The number of halogens is 1. The molecule has 9 nitrogen and oxygen atoms in total. The zero-order valence-corrected chi connectivity index (χ0v) is 18.9. The van der Waals surface area contributed by atoms with Crippen LogP contribution in [0.3, 0.4) is 0 Å². The van der Waals surface area contributed by atoms with E-state index in [0.717, 1.165) is 5.56 Å². The number of anilines is 1. The summed E-state index contributed by atoms with van der Waals surface area (Å²) in [5, 5.41) is 2.87. The summed E-state index contributed by atoms with van der Waals surface area (Å²) in [6.45, 7) is 1.77. The zero-order valence-electron chi connectivity index (χ0n) is 18.9. The Kier molecular flexibility index (Phi) is 6.06. The number of amides is 2. The van der Waals surface area contributed by atoms with Gasteiger partial charge in [0.1, 0.15) is 22.8 Å². The number of hydrogen-bond donors (Lipinski definition) is 1. The lowest BCUT2D eigenvalue weighted by molar-refractivity contribution is -0.126. The first-order valence-electron chi connectivity index (χ1n) is 10.4. The lowest BCUT2D eigenvalue weighted by Crippen LogP contribution is -2.64. The fourth-order valence-electron chi connectivity index (χ4n) is 4.09. The molecule has 0 fully saturated rings. The van der Waals surface area contributed by atoms with Crippen LogP contribution in [0, 0.1) is 5.82 Å². The maximum atomic E-state index is 13.7. The highest BCUT2D eigenvalue weighted by Crippen LogP contribution is 2.34. The Labute approximate surface area is 195 Å². The Hall–Kier alpha value is -4.21. The maximum Gasteiger partial charge on any atom is 0.359 e. The molecular weight excluding hydrogens is 443 g/mol. The molecule has 3 aromatic rings. The molecule has 1 atom stereocenters. The first-order valence-corrected chi connectivity index (χ1v) is 10.4. The van der Waals surface area contributed by atoms with Crippen LogP contribution in [0.4, 0.5) is 10.1 Å². The molecule has 0 bridgehead atoms. The minimum atomic E-state index is -1.42. The van der Waals surface area contributed by atoms with Crippen molar-refractivity contribution in [3.63, 3.8) is 0 Å². The van der Waals surface area contributed by atoms with Gasteiger partial charge in [-0.1, -0.05) is 18.2 Å². The summed E-state index contributed by atoms with van der Waals surface area (Å²) in [7, 11) is 2.73. The summed E-state index contributed by atoms with van der Waals surface area (Å²) >= 11 is 0. The first kappa shape index (κ1) is 23.0. The van der Waals surface area contributed by atoms with Gasteiger partial charge < -0.3 is 19.4 Å². The highest BCUT2D eigenvalue weighted by molar-refractivity contribution is 6.15. The van der Waals surface area contributed by atoms with E-state index in [2.05, 4.69) is 10.3 Å². The van der Waals surface area contributed by atoms with Gasteiger partial charge in [-0.3, -0.25) is 14.5 Å². The van der Waals surface area contributed by atoms with Crippen LogP contribution >= 0.6 is 0 Å². The monoisotopic (exact) mass is 466 g/mol. The van der Waals surface area contributed by atoms with Crippen molar-refractivity contribution in [2.24, 2.45) is 0 Å². The van der Waals surface area contributed by atoms with Crippen LogP contribution < -0.4 is 15.0 Å². The second kappa shape index (κ2) is 8.97. The molecule has 4 rings (SSSR count). The molecule has 34 heavy (non-hydrogen) atoms. The van der Waals surface area contributed by atoms with Gasteiger partial charge in [0, 0.05) is 17.8 Å². The standard InChI is InChI=1S/C24H23FN4O5/c1-24(23(32)26-12-15-6-4-5-7-18(15)33-2)13-28-14-27-19(22(31)34-3)20(28)21(30)29(24)17-10-8-16(25)9-11-17/h4-11,14H,12-13H2,1-3H3,(H,26,32)/t24-/m1/s1. The number of hydrogen-bond acceptors (Lipinski definition) is 6. The molecule has 0 radical (unpaired) electrons. The molecule has 2 aromatic carbocycles. The average Bonchev–Trinajstić information content (AvgIpc) is 3.27. The minimum absolute atomic E-state index is 0.00714. The number of para-hydroxylation sites is 1. The van der Waals surface area contributed by atoms with Gasteiger partial charge >= 0.3 is 5.97 Å². The van der Waals surface area contributed by atoms with Crippen molar-refractivity contribution < 1.29 is 28.2 Å². The summed E-state index contributed by atoms with van der Waals surface area (Å²) in [4.78, 5) is 44.7. The molecule has 2 amide bonds. The second-order valence-corrected chi connectivity index (χ2v) is 7.95. The van der Waals surface area contributed by atoms with Crippen molar-refractivity contribution in [3.05, 3.63) is 77.6 Å². The molecule has 0 aliphatic carbocycles. The van der Waals surface area contributed by atoms with Crippen LogP contribution in [0.25, 0.3) is 0 Å². The molecule has 1 aliphatic rings. The fraction of sp³-hybridized carbons (Fsp3) is 0.250. The smallest absolute Gasteiger partial charge is 0.359 e. The van der Waals surface area contributed by atoms with Crippen LogP contribution in [-0.2, 0) is 22.6 Å². The Balaban J connectivity index is 1.74. The molecule has 176 valence electrons. The number of carbonyl (C=O) groups excluding carboxylic acids is 3. The molecule has 0 spiro atoms. The number of benzene rings is 2. The number of nitrogens with one attached hydrogen (secondary N) is 1. The molecule has 2 heterocycles. The van der Waals surface area contributed by atoms with Gasteiger partial charge in [0.15, 0.2) is 5.69 Å². The predicted molar refractivity (Wildman–Crippen MR) is 120 cm³/mol. The van der Waals surface area contributed by atoms with Gasteiger partial charge in [-0.15, -0.1) is 0 Å². The van der Waals surface area contributed by atoms with E-state index in [1.807, 2.05) is 18.2 Å². The average molecular weight is 466 g/mol. The number of ether oxygens (including phenoxy) is 2. The van der Waals surface area contributed by atoms with Crippen molar-refractivity contribution in [2.75, 3.05) is 19.1 Å². The van der Waals surface area contributed by atoms with E-state index in [1.54, 1.807) is 13.0 Å². The van der Waals surface area contributed by atoms with Crippen molar-refractivity contribution in [1.82, 2.24) is 14.9 Å². The number of carbonyl (C=O) groups is 3. The SMILES string of the molecule is COC(=O)c1ncn2c1C(=O)N(c1ccc(F)cc1)[C@@](C)(C(=O)NCc1ccccc1OC)C2. The predicted octanol–water partition coefficient (Wildman–Crippen LogP) is 2.55. The van der Waals surface area contributed by atoms with Crippen molar-refractivity contribution in [2.45, 2.75) is 25.6 Å². The van der Waals surface area contributed by atoms with E-state index in [9.17, 15) is 18.8 Å². The summed E-state index contributed by atoms with van der Waals surface area (Å²) in [6, 6.07) is 12.5. The van der Waals surface area contributed by atoms with Gasteiger partial charge in [-0.2, -0.15) is 0 Å². The Morgan fingerprint density at radius 3 is 2.53 bits per heavy atom. The zero-order chi connectivity index (χ0) is 24.5. The number of esters is 1. The van der Waals surface area contributed by atoms with Crippen molar-refractivity contribution >= 4 is 23.5 Å². The normalized spacial score (nSPS) is 17.2. The summed E-state index contributed by atoms with van der Waals surface area (Å²) < 4.78 is 25.2. The molecule has 0 saturated heterocycles. The van der Waals surface area contributed by atoms with Gasteiger partial charge in [-0.05, 0) is 37.3 Å². The van der Waals surface area contributed by atoms with E-state index in [0.29, 0.717) is 11.4 Å². The van der Waals surface area contributed by atoms with Gasteiger partial charge in [0.25, 0.3) is 5.91 Å². The number of aromatic nitrogens is 2. The third kappa shape index (κ3) is 3.87. The van der Waals surface area contributed by atoms with Crippen LogP contribution in [0.2, 0.25) is 0 Å². The lowest BCUT2D eigenvalue weighted by Gasteiger charge is -2.43. The molecule has 0 unspecified atom stereocenters. The van der Waals surface area contributed by atoms with Gasteiger partial charge in [-0.25, -0.2) is 14.2 Å². The van der Waals surface area contributed by atoms with Crippen LogP contribution in [0.5, 0.6) is 5.75 Å². The van der Waals surface area contributed by atoms with Crippen molar-refractivity contribution in [3.8, 4) is 5.75 Å². The second-order valence-electron chi connectivity index (χ2n) is 7.95. The molecular formula is C24H23FN4O5. The third-order valence-electron chi connectivity index (χ3n) is 5.80. The number of fused-ring (bicyclic) bond motifs is 1. The molecule has 10 heteroatoms. The number of methoxy groups -OCH3 is 2. The van der Waals surface area contributed by atoms with Crippen molar-refractivity contribution in [1.29, 1.82) is 0 Å². The van der Waals surface area contributed by atoms with E-state index in [1.165, 1.54) is 54.3 Å². The van der Waals surface area contributed by atoms with Gasteiger partial charge in [0.2, 0.25) is 5.91 Å². The topological polar surface area (TPSA) is 103 Å². The quantitative estimate of drug-likeness (QED) is 0.560. The van der Waals surface area contributed by atoms with E-state index in [-0.39, 0.29) is 24.5 Å². The highest BCUT2D eigenvalue weighted by Gasteiger charge is 2.49. The van der Waals surface area contributed by atoms with Gasteiger partial charge in [0.05, 0.1) is 27.1 Å². The molecule has 1 aliphatic heterocycles. The fourth-order valence-corrected chi connectivity index (χ4v) is 4.09. The number of imidazole rings is 1. The molecule has 1 N–H and O–H groups in total. The Morgan fingerprint density at radius 1 is 1.15 bits per heavy atom. The summed E-state index contributed by atoms with van der Waals surface area (Å²) in [5.41, 5.74) is -0.529. The third-order valence-corrected chi connectivity index (χ3v) is 5.80. The number of nitrogens with zero attached hydrogens (tertiary/aromatic N) is 3. The maximum absolute atomic E-state index is 13.7. The Morgan fingerprint density at radius 2 is 1.85 bits per heavy atom. The van der Waals surface area contributed by atoms with E-state index in [4.69, 9.17) is 9.47 Å². The van der Waals surface area contributed by atoms with E-state index >= 15 is 0 Å². The first-order chi connectivity index (χ1) is 16.3. The Bertz CT molecular complexity index is 1260. The highest BCUT2D eigenvalue weighted by atomic mass is 19.1. The van der Waals surface area contributed by atoms with E-state index < -0.39 is 29.1 Å². The van der Waals surface area contributed by atoms with Crippen LogP contribution in [0.1, 0.15) is 33.5 Å².